The lowest BCUT2D eigenvalue weighted by atomic mass is 9.96. The van der Waals surface area contributed by atoms with Gasteiger partial charge in [0.1, 0.15) is 30.7 Å². The van der Waals surface area contributed by atoms with Crippen LogP contribution in [0.1, 0.15) is 85.9 Å². The number of rotatable bonds is 26. The third-order valence-corrected chi connectivity index (χ3v) is 12.3. The SMILES string of the molecule is COC(=O)[C@@H]1N2C(=O)[C@@H](NC(=O)CCCCN(O)C(=O)CCN(CCOC(=O)CCCNC(=O)c3cccc(O)c3O)CCOC(=O)CCCNC(=O)c3cccc(O)c3O)[C@H]2SC1(C)C. The largest absolute Gasteiger partial charge is 0.504 e. The van der Waals surface area contributed by atoms with Crippen molar-refractivity contribution in [1.82, 2.24) is 30.8 Å². The number of hydrogen-bond acceptors (Lipinski definition) is 18. The number of β-lactam (4-membered cyclic amide) rings is 1. The summed E-state index contributed by atoms with van der Waals surface area (Å²) in [6.07, 6.45) is 0.672. The van der Waals surface area contributed by atoms with Gasteiger partial charge in [-0.25, -0.2) is 9.86 Å². The monoisotopic (exact) mass is 946 g/mol. The number of hydrogen-bond donors (Lipinski definition) is 8. The van der Waals surface area contributed by atoms with E-state index < -0.39 is 86.7 Å². The zero-order chi connectivity index (χ0) is 48.6. The molecule has 0 aromatic heterocycles. The Kier molecular flexibility index (Phi) is 19.7. The second-order valence-corrected chi connectivity index (χ2v) is 17.7. The fraction of sp³-hybridized carbons (Fsp3) is 0.535. The second-order valence-electron chi connectivity index (χ2n) is 15.9. The Bertz CT molecular complexity index is 2000. The van der Waals surface area contributed by atoms with Crippen LogP contribution in [0.15, 0.2) is 36.4 Å². The van der Waals surface area contributed by atoms with Gasteiger partial charge in [-0.2, -0.15) is 0 Å². The summed E-state index contributed by atoms with van der Waals surface area (Å²) in [7, 11) is 1.25. The minimum Gasteiger partial charge on any atom is -0.504 e. The van der Waals surface area contributed by atoms with E-state index in [1.54, 1.807) is 4.90 Å². The van der Waals surface area contributed by atoms with Crippen molar-refractivity contribution in [2.75, 3.05) is 59.6 Å². The molecule has 2 heterocycles. The van der Waals surface area contributed by atoms with Crippen molar-refractivity contribution in [3.63, 3.8) is 0 Å². The van der Waals surface area contributed by atoms with Crippen molar-refractivity contribution >= 4 is 59.2 Å². The molecular formula is C43H58N6O16S. The normalized spacial score (nSPS) is 17.0. The Balaban J connectivity index is 1.17. The highest BCUT2D eigenvalue weighted by Gasteiger charge is 2.64. The van der Waals surface area contributed by atoms with E-state index in [0.717, 1.165) is 0 Å². The number of methoxy groups -OCH3 is 1. The Morgan fingerprint density at radius 2 is 1.26 bits per heavy atom. The van der Waals surface area contributed by atoms with Crippen LogP contribution in [0.4, 0.5) is 0 Å². The van der Waals surface area contributed by atoms with Crippen LogP contribution in [0.5, 0.6) is 23.0 Å². The number of nitrogens with zero attached hydrogens (tertiary/aromatic N) is 3. The van der Waals surface area contributed by atoms with Crippen LogP contribution in [0, 0.1) is 0 Å². The number of para-hydroxylation sites is 2. The number of fused-ring (bicyclic) bond motifs is 1. The molecule has 2 aromatic carbocycles. The van der Waals surface area contributed by atoms with Crippen LogP contribution in [-0.2, 0) is 43.0 Å². The van der Waals surface area contributed by atoms with E-state index in [4.69, 9.17) is 14.2 Å². The molecule has 3 atom stereocenters. The van der Waals surface area contributed by atoms with Crippen LogP contribution in [0.3, 0.4) is 0 Å². The first-order valence-electron chi connectivity index (χ1n) is 21.3. The molecule has 22 nitrogen and oxygen atoms in total. The molecule has 2 fully saturated rings. The maximum absolute atomic E-state index is 12.9. The van der Waals surface area contributed by atoms with E-state index in [1.165, 1.54) is 60.2 Å². The summed E-state index contributed by atoms with van der Waals surface area (Å²) in [5.74, 6) is -6.42. The summed E-state index contributed by atoms with van der Waals surface area (Å²) in [4.78, 5) is 103. The van der Waals surface area contributed by atoms with Gasteiger partial charge in [0.25, 0.3) is 11.8 Å². The van der Waals surface area contributed by atoms with E-state index >= 15 is 0 Å². The van der Waals surface area contributed by atoms with Gasteiger partial charge in [-0.1, -0.05) is 12.1 Å². The molecule has 2 aliphatic heterocycles. The first kappa shape index (κ1) is 52.3. The number of carbonyl (C=O) groups is 8. The molecule has 362 valence electrons. The fourth-order valence-electron chi connectivity index (χ4n) is 7.08. The van der Waals surface area contributed by atoms with Crippen LogP contribution in [-0.4, -0.2) is 170 Å². The van der Waals surface area contributed by atoms with Gasteiger partial charge in [0, 0.05) is 69.7 Å². The third-order valence-electron chi connectivity index (χ3n) is 10.7. The second kappa shape index (κ2) is 24.8. The number of phenolic OH excluding ortho intramolecular Hbond substituents is 4. The van der Waals surface area contributed by atoms with Gasteiger partial charge in [-0.05, 0) is 63.8 Å². The predicted octanol–water partition coefficient (Wildman–Crippen LogP) is 1.12. The predicted molar refractivity (Wildman–Crippen MR) is 233 cm³/mol. The highest BCUT2D eigenvalue weighted by atomic mass is 32.2. The lowest BCUT2D eigenvalue weighted by Crippen LogP contribution is -2.70. The summed E-state index contributed by atoms with van der Waals surface area (Å²) in [6.45, 7) is 3.77. The summed E-state index contributed by atoms with van der Waals surface area (Å²) >= 11 is 1.40. The smallest absolute Gasteiger partial charge is 0.330 e. The number of carbonyl (C=O) groups excluding carboxylic acids is 8. The van der Waals surface area contributed by atoms with E-state index in [2.05, 4.69) is 16.0 Å². The average molecular weight is 947 g/mol. The van der Waals surface area contributed by atoms with E-state index in [0.29, 0.717) is 11.5 Å². The molecule has 2 aliphatic rings. The van der Waals surface area contributed by atoms with Crippen molar-refractivity contribution in [3.8, 4) is 23.0 Å². The van der Waals surface area contributed by atoms with Crippen molar-refractivity contribution in [1.29, 1.82) is 0 Å². The Morgan fingerprint density at radius 3 is 1.77 bits per heavy atom. The van der Waals surface area contributed by atoms with Gasteiger partial charge in [0.05, 0.1) is 18.2 Å². The molecule has 4 rings (SSSR count). The average Bonchev–Trinajstić information content (AvgIpc) is 3.54. The molecule has 5 amide bonds. The number of benzene rings is 2. The molecule has 0 aliphatic carbocycles. The van der Waals surface area contributed by atoms with Gasteiger partial charge < -0.3 is 55.5 Å². The van der Waals surface area contributed by atoms with Crippen LogP contribution in [0.25, 0.3) is 0 Å². The van der Waals surface area contributed by atoms with Crippen LogP contribution in [0.2, 0.25) is 0 Å². The van der Waals surface area contributed by atoms with Gasteiger partial charge in [0.15, 0.2) is 23.0 Å². The number of thioether (sulfide) groups is 1. The van der Waals surface area contributed by atoms with Crippen molar-refractivity contribution in [2.24, 2.45) is 0 Å². The zero-order valence-electron chi connectivity index (χ0n) is 37.0. The summed E-state index contributed by atoms with van der Waals surface area (Å²) in [6, 6.07) is 6.34. The maximum atomic E-state index is 12.9. The number of amides is 5. The topological polar surface area (TPSA) is 311 Å². The zero-order valence-corrected chi connectivity index (χ0v) is 37.8. The molecule has 8 N–H and O–H groups in total. The molecule has 2 aromatic rings. The summed E-state index contributed by atoms with van der Waals surface area (Å²) < 4.78 is 14.9. The van der Waals surface area contributed by atoms with Gasteiger partial charge in [0.2, 0.25) is 17.7 Å². The first-order chi connectivity index (χ1) is 31.4. The highest BCUT2D eigenvalue weighted by Crippen LogP contribution is 2.51. The van der Waals surface area contributed by atoms with Gasteiger partial charge >= 0.3 is 17.9 Å². The van der Waals surface area contributed by atoms with Crippen LogP contribution >= 0.6 is 11.8 Å². The van der Waals surface area contributed by atoms with Gasteiger partial charge in [-0.3, -0.25) is 43.7 Å². The third kappa shape index (κ3) is 14.6. The van der Waals surface area contributed by atoms with Crippen molar-refractivity contribution in [3.05, 3.63) is 47.5 Å². The number of esters is 3. The van der Waals surface area contributed by atoms with Crippen molar-refractivity contribution < 1.29 is 78.2 Å². The lowest BCUT2D eigenvalue weighted by Gasteiger charge is -2.43. The molecule has 0 unspecified atom stereocenters. The molecule has 2 saturated heterocycles. The minimum absolute atomic E-state index is 0.0226. The number of nitrogens with one attached hydrogen (secondary N) is 3. The Morgan fingerprint density at radius 1 is 0.727 bits per heavy atom. The van der Waals surface area contributed by atoms with E-state index in [9.17, 15) is 64.0 Å². The van der Waals surface area contributed by atoms with Gasteiger partial charge in [-0.15, -0.1) is 11.8 Å². The number of unbranched alkanes of at least 4 members (excludes halogenated alkanes) is 1. The molecule has 0 radical (unpaired) electrons. The molecule has 23 heteroatoms. The summed E-state index contributed by atoms with van der Waals surface area (Å²) in [5.41, 5.74) is -0.260. The first-order valence-corrected chi connectivity index (χ1v) is 22.2. The minimum atomic E-state index is -0.787. The molecule has 0 bridgehead atoms. The van der Waals surface area contributed by atoms with Crippen LogP contribution < -0.4 is 16.0 Å². The Hall–Kier alpha value is -6.33. The highest BCUT2D eigenvalue weighted by molar-refractivity contribution is 8.01. The van der Waals surface area contributed by atoms with E-state index in [1.807, 2.05) is 13.8 Å². The summed E-state index contributed by atoms with van der Waals surface area (Å²) in [5, 5.41) is 57.4. The van der Waals surface area contributed by atoms with Crippen molar-refractivity contribution in [2.45, 2.75) is 87.4 Å². The Labute approximate surface area is 384 Å². The molecule has 0 saturated carbocycles. The number of aromatic hydroxyl groups is 4. The molecule has 0 spiro atoms. The lowest BCUT2D eigenvalue weighted by molar-refractivity contribution is -0.166. The fourth-order valence-corrected chi connectivity index (χ4v) is 8.70. The quantitative estimate of drug-likeness (QED) is 0.0125. The number of phenols is 4. The maximum Gasteiger partial charge on any atom is 0.330 e. The standard InChI is InChI=1S/C43H58N6O16S/c1-43(2)37(42(61)63-3)49-40(60)34(41(49)66-43)46-30(52)14-4-5-20-48(62)31(53)17-21-47(22-24-64-32(54)15-8-18-44-38(58)26-10-6-12-28(50)35(26)56)23-25-65-33(55)16-9-19-45-39(59)27-11-7-13-29(51)36(27)57/h6-7,10-13,34,37,41,50-51,56-57,62H,4-5,8-9,14-25H2,1-3H3,(H,44,58)(H,45,59)(H,46,52)/t34-,37+,41-/m1/s1. The molecule has 66 heavy (non-hydrogen) atoms. The molecular weight excluding hydrogens is 889 g/mol. The number of ether oxygens (including phenoxy) is 3. The number of hydroxylamine groups is 2. The van der Waals surface area contributed by atoms with E-state index in [-0.39, 0.29) is 114 Å².